The van der Waals surface area contributed by atoms with E-state index in [-0.39, 0.29) is 0 Å². The lowest BCUT2D eigenvalue weighted by Gasteiger charge is -2.10. The summed E-state index contributed by atoms with van der Waals surface area (Å²) in [6.45, 7) is 6.07. The van der Waals surface area contributed by atoms with Crippen molar-refractivity contribution < 1.29 is 4.52 Å². The molecule has 0 saturated carbocycles. The van der Waals surface area contributed by atoms with Crippen molar-refractivity contribution in [2.45, 2.75) is 40.2 Å². The zero-order chi connectivity index (χ0) is 14.5. The number of anilines is 1. The summed E-state index contributed by atoms with van der Waals surface area (Å²) < 4.78 is 4.89. The van der Waals surface area contributed by atoms with Crippen LogP contribution in [0.5, 0.6) is 0 Å². The molecule has 0 aromatic carbocycles. The number of aryl methyl sites for hydroxylation is 2. The minimum Gasteiger partial charge on any atom is -0.360 e. The molecule has 2 heterocycles. The summed E-state index contributed by atoms with van der Waals surface area (Å²) in [6, 6.07) is 2.20. The highest BCUT2D eigenvalue weighted by Gasteiger charge is 2.14. The zero-order valence-electron chi connectivity index (χ0n) is 11.8. The first-order valence-electron chi connectivity index (χ1n) is 6.51. The van der Waals surface area contributed by atoms with Gasteiger partial charge in [-0.15, -0.1) is 5.10 Å². The van der Waals surface area contributed by atoms with Gasteiger partial charge in [-0.1, -0.05) is 19.0 Å². The molecule has 2 rings (SSSR count). The SMILES string of the molecule is CCc1nnc(NCc2noc(C)n2)c(C#N)c1CC. The number of nitrogens with one attached hydrogen (secondary N) is 1. The maximum Gasteiger partial charge on any atom is 0.223 e. The van der Waals surface area contributed by atoms with Gasteiger partial charge < -0.3 is 9.84 Å². The van der Waals surface area contributed by atoms with Crippen molar-refractivity contribution in [3.05, 3.63) is 28.5 Å². The molecule has 0 fully saturated rings. The van der Waals surface area contributed by atoms with Gasteiger partial charge in [-0.3, -0.25) is 0 Å². The van der Waals surface area contributed by atoms with E-state index in [0.717, 1.165) is 24.1 Å². The highest BCUT2D eigenvalue weighted by atomic mass is 16.5. The van der Waals surface area contributed by atoms with Crippen LogP contribution in [0, 0.1) is 18.3 Å². The van der Waals surface area contributed by atoms with Gasteiger partial charge in [0.05, 0.1) is 12.2 Å². The first kappa shape index (κ1) is 13.9. The number of hydrogen-bond donors (Lipinski definition) is 1. The van der Waals surface area contributed by atoms with Crippen LogP contribution in [0.3, 0.4) is 0 Å². The van der Waals surface area contributed by atoms with E-state index in [1.807, 2.05) is 13.8 Å². The molecule has 0 unspecified atom stereocenters. The molecule has 1 N–H and O–H groups in total. The molecule has 0 spiro atoms. The first-order valence-corrected chi connectivity index (χ1v) is 6.51. The van der Waals surface area contributed by atoms with Crippen LogP contribution in [-0.2, 0) is 19.4 Å². The molecule has 0 aliphatic heterocycles. The fourth-order valence-electron chi connectivity index (χ4n) is 1.99. The van der Waals surface area contributed by atoms with Crippen LogP contribution in [0.25, 0.3) is 0 Å². The molecule has 0 aliphatic rings. The molecule has 0 atom stereocenters. The van der Waals surface area contributed by atoms with Gasteiger partial charge >= 0.3 is 0 Å². The van der Waals surface area contributed by atoms with Gasteiger partial charge in [-0.25, -0.2) is 0 Å². The Hall–Kier alpha value is -2.49. The average Bonchev–Trinajstić information content (AvgIpc) is 2.89. The highest BCUT2D eigenvalue weighted by molar-refractivity contribution is 5.56. The Kier molecular flexibility index (Phi) is 4.25. The maximum atomic E-state index is 9.34. The lowest BCUT2D eigenvalue weighted by Crippen LogP contribution is -2.10. The summed E-state index contributed by atoms with van der Waals surface area (Å²) in [5.41, 5.74) is 2.35. The lowest BCUT2D eigenvalue weighted by atomic mass is 10.0. The molecule has 104 valence electrons. The molecule has 0 aliphatic carbocycles. The van der Waals surface area contributed by atoms with Crippen LogP contribution in [0.15, 0.2) is 4.52 Å². The average molecular weight is 272 g/mol. The minimum atomic E-state index is 0.343. The second kappa shape index (κ2) is 6.10. The molecule has 2 aromatic heterocycles. The van der Waals surface area contributed by atoms with E-state index in [0.29, 0.717) is 29.6 Å². The van der Waals surface area contributed by atoms with Crippen molar-refractivity contribution >= 4 is 5.82 Å². The zero-order valence-corrected chi connectivity index (χ0v) is 11.8. The normalized spacial score (nSPS) is 10.3. The van der Waals surface area contributed by atoms with E-state index >= 15 is 0 Å². The lowest BCUT2D eigenvalue weighted by molar-refractivity contribution is 0.388. The van der Waals surface area contributed by atoms with E-state index < -0.39 is 0 Å². The Morgan fingerprint density at radius 2 is 2.05 bits per heavy atom. The standard InChI is InChI=1S/C13H16N6O/c1-4-9-10(6-14)13(18-17-11(9)5-2)15-7-12-16-8(3)20-19-12/h4-5,7H2,1-3H3,(H,15,18). The Morgan fingerprint density at radius 1 is 1.25 bits per heavy atom. The third kappa shape index (κ3) is 2.74. The van der Waals surface area contributed by atoms with Crippen LogP contribution >= 0.6 is 0 Å². The van der Waals surface area contributed by atoms with Gasteiger partial charge in [-0.05, 0) is 18.4 Å². The van der Waals surface area contributed by atoms with Crippen LogP contribution in [0.1, 0.15) is 42.4 Å². The molecule has 7 heteroatoms. The number of nitriles is 1. The van der Waals surface area contributed by atoms with E-state index in [1.54, 1.807) is 6.92 Å². The van der Waals surface area contributed by atoms with Crippen LogP contribution < -0.4 is 5.32 Å². The third-order valence-electron chi connectivity index (χ3n) is 2.94. The molecule has 2 aromatic rings. The fraction of sp³-hybridized carbons (Fsp3) is 0.462. The van der Waals surface area contributed by atoms with Crippen molar-refractivity contribution in [1.82, 2.24) is 20.3 Å². The molecular formula is C13H16N6O. The van der Waals surface area contributed by atoms with Crippen molar-refractivity contribution in [2.24, 2.45) is 0 Å². The molecule has 0 amide bonds. The van der Waals surface area contributed by atoms with E-state index in [9.17, 15) is 5.26 Å². The van der Waals surface area contributed by atoms with Crippen LogP contribution in [-0.4, -0.2) is 20.3 Å². The first-order chi connectivity index (χ1) is 9.69. The summed E-state index contributed by atoms with van der Waals surface area (Å²) in [6.07, 6.45) is 1.51. The molecule has 0 radical (unpaired) electrons. The molecule has 0 bridgehead atoms. The third-order valence-corrected chi connectivity index (χ3v) is 2.94. The Morgan fingerprint density at radius 3 is 2.60 bits per heavy atom. The van der Waals surface area contributed by atoms with Crippen molar-refractivity contribution in [1.29, 1.82) is 5.26 Å². The van der Waals surface area contributed by atoms with E-state index in [4.69, 9.17) is 4.52 Å². The van der Waals surface area contributed by atoms with E-state index in [2.05, 4.69) is 31.7 Å². The molecule has 7 nitrogen and oxygen atoms in total. The summed E-state index contributed by atoms with van der Waals surface area (Å²) in [5.74, 6) is 1.48. The second-order valence-electron chi connectivity index (χ2n) is 4.25. The van der Waals surface area contributed by atoms with Gasteiger partial charge in [0.15, 0.2) is 11.6 Å². The molecule has 20 heavy (non-hydrogen) atoms. The van der Waals surface area contributed by atoms with Gasteiger partial charge in [0.2, 0.25) is 5.89 Å². The summed E-state index contributed by atoms with van der Waals surface area (Å²) in [5, 5.41) is 24.4. The number of rotatable bonds is 5. The van der Waals surface area contributed by atoms with Gasteiger partial charge in [0, 0.05) is 6.92 Å². The van der Waals surface area contributed by atoms with Crippen molar-refractivity contribution in [3.63, 3.8) is 0 Å². The second-order valence-corrected chi connectivity index (χ2v) is 4.25. The van der Waals surface area contributed by atoms with Crippen molar-refractivity contribution in [3.8, 4) is 6.07 Å². The largest absolute Gasteiger partial charge is 0.360 e. The topological polar surface area (TPSA) is 101 Å². The minimum absolute atomic E-state index is 0.343. The number of aromatic nitrogens is 4. The van der Waals surface area contributed by atoms with Gasteiger partial charge in [0.25, 0.3) is 0 Å². The Balaban J connectivity index is 2.25. The Labute approximate surface area is 117 Å². The predicted molar refractivity (Wildman–Crippen MR) is 71.9 cm³/mol. The van der Waals surface area contributed by atoms with Gasteiger partial charge in [-0.2, -0.15) is 15.3 Å². The summed E-state index contributed by atoms with van der Waals surface area (Å²) in [7, 11) is 0. The predicted octanol–water partition coefficient (Wildman–Crippen LogP) is 1.78. The smallest absolute Gasteiger partial charge is 0.223 e. The fourth-order valence-corrected chi connectivity index (χ4v) is 1.99. The van der Waals surface area contributed by atoms with Crippen molar-refractivity contribution in [2.75, 3.05) is 5.32 Å². The molecule has 0 saturated heterocycles. The molecular weight excluding hydrogens is 256 g/mol. The maximum absolute atomic E-state index is 9.34. The highest BCUT2D eigenvalue weighted by Crippen LogP contribution is 2.20. The van der Waals surface area contributed by atoms with Crippen LogP contribution in [0.4, 0.5) is 5.82 Å². The summed E-state index contributed by atoms with van der Waals surface area (Å²) >= 11 is 0. The van der Waals surface area contributed by atoms with Gasteiger partial charge in [0.1, 0.15) is 11.6 Å². The Bertz CT molecular complexity index is 643. The summed E-state index contributed by atoms with van der Waals surface area (Å²) in [4.78, 5) is 4.09. The monoisotopic (exact) mass is 272 g/mol. The van der Waals surface area contributed by atoms with Crippen LogP contribution in [0.2, 0.25) is 0 Å². The quantitative estimate of drug-likeness (QED) is 0.885. The van der Waals surface area contributed by atoms with E-state index in [1.165, 1.54) is 0 Å². The number of hydrogen-bond acceptors (Lipinski definition) is 7. The number of nitrogens with zero attached hydrogens (tertiary/aromatic N) is 5.